The summed E-state index contributed by atoms with van der Waals surface area (Å²) < 4.78 is 43.3. The first-order chi connectivity index (χ1) is 6.89. The van der Waals surface area contributed by atoms with Crippen LogP contribution in [0.3, 0.4) is 0 Å². The second-order valence-electron chi connectivity index (χ2n) is 3.62. The lowest BCUT2D eigenvalue weighted by Crippen LogP contribution is -2.55. The molecular formula is C10H14F3NO. The van der Waals surface area contributed by atoms with Crippen molar-refractivity contribution < 1.29 is 17.6 Å². The minimum Gasteiger partial charge on any atom is -0.469 e. The molecule has 0 aliphatic heterocycles. The van der Waals surface area contributed by atoms with Gasteiger partial charge < -0.3 is 9.73 Å². The molecule has 2 nitrogen and oxygen atoms in total. The number of rotatable bonds is 4. The van der Waals surface area contributed by atoms with E-state index in [-0.39, 0.29) is 13.0 Å². The van der Waals surface area contributed by atoms with Crippen molar-refractivity contribution in [3.63, 3.8) is 0 Å². The first-order valence-corrected chi connectivity index (χ1v) is 4.73. The number of likely N-dealkylation sites (N-methyl/N-ethyl adjacent to an activating group) is 1. The van der Waals surface area contributed by atoms with Gasteiger partial charge in [0.05, 0.1) is 6.26 Å². The Hall–Kier alpha value is -0.970. The normalized spacial score (nSPS) is 16.3. The minimum atomic E-state index is -4.30. The molecule has 1 aromatic heterocycles. The summed E-state index contributed by atoms with van der Waals surface area (Å²) in [4.78, 5) is 0. The highest BCUT2D eigenvalue weighted by Crippen LogP contribution is 2.32. The Morgan fingerprint density at radius 3 is 2.47 bits per heavy atom. The molecule has 0 radical (unpaired) electrons. The lowest BCUT2D eigenvalue weighted by atomic mass is 9.95. The average molecular weight is 221 g/mol. The van der Waals surface area contributed by atoms with Gasteiger partial charge in [-0.3, -0.25) is 0 Å². The Morgan fingerprint density at radius 2 is 2.07 bits per heavy atom. The van der Waals surface area contributed by atoms with Crippen molar-refractivity contribution in [3.05, 3.63) is 24.2 Å². The van der Waals surface area contributed by atoms with Crippen LogP contribution in [0.5, 0.6) is 0 Å². The molecule has 5 heteroatoms. The summed E-state index contributed by atoms with van der Waals surface area (Å²) in [6.07, 6.45) is -3.12. The number of furan rings is 1. The fourth-order valence-corrected chi connectivity index (χ4v) is 1.41. The Bertz CT molecular complexity index is 294. The van der Waals surface area contributed by atoms with E-state index in [9.17, 15) is 13.2 Å². The van der Waals surface area contributed by atoms with Gasteiger partial charge in [-0.2, -0.15) is 13.2 Å². The second-order valence-corrected chi connectivity index (χ2v) is 3.62. The highest BCUT2D eigenvalue weighted by atomic mass is 19.4. The molecule has 86 valence electrons. The molecule has 1 heterocycles. The van der Waals surface area contributed by atoms with Gasteiger partial charge in [-0.1, -0.05) is 6.92 Å². The summed E-state index contributed by atoms with van der Waals surface area (Å²) >= 11 is 0. The van der Waals surface area contributed by atoms with Crippen LogP contribution >= 0.6 is 0 Å². The van der Waals surface area contributed by atoms with Crippen molar-refractivity contribution in [1.82, 2.24) is 5.32 Å². The zero-order valence-corrected chi connectivity index (χ0v) is 8.69. The summed E-state index contributed by atoms with van der Waals surface area (Å²) in [6.45, 7) is 3.04. The van der Waals surface area contributed by atoms with Crippen LogP contribution in [0, 0.1) is 0 Å². The molecule has 1 rings (SSSR count). The molecule has 1 atom stereocenters. The first-order valence-electron chi connectivity index (χ1n) is 4.73. The maximum Gasteiger partial charge on any atom is 0.406 e. The minimum absolute atomic E-state index is 0.197. The van der Waals surface area contributed by atoms with E-state index in [0.717, 1.165) is 6.92 Å². The van der Waals surface area contributed by atoms with E-state index in [4.69, 9.17) is 4.42 Å². The van der Waals surface area contributed by atoms with Gasteiger partial charge in [0.1, 0.15) is 11.3 Å². The fraction of sp³-hybridized carbons (Fsp3) is 0.600. The Kier molecular flexibility index (Phi) is 3.44. The van der Waals surface area contributed by atoms with E-state index in [0.29, 0.717) is 5.76 Å². The molecular weight excluding hydrogens is 207 g/mol. The summed E-state index contributed by atoms with van der Waals surface area (Å²) in [5.74, 6) is 0.329. The number of hydrogen-bond acceptors (Lipinski definition) is 2. The standard InChI is InChI=1S/C10H14F3NO/c1-3-14-9(2,10(11,12)13)7-8-5-4-6-15-8/h4-6,14H,3,7H2,1-2H3. The molecule has 1 aromatic rings. The predicted octanol–water partition coefficient (Wildman–Crippen LogP) is 2.75. The third-order valence-electron chi connectivity index (χ3n) is 2.30. The quantitative estimate of drug-likeness (QED) is 0.845. The molecule has 1 unspecified atom stereocenters. The SMILES string of the molecule is CCNC(C)(Cc1ccco1)C(F)(F)F. The molecule has 0 aliphatic carbocycles. The largest absolute Gasteiger partial charge is 0.469 e. The summed E-state index contributed by atoms with van der Waals surface area (Å²) in [6, 6.07) is 3.12. The molecule has 0 amide bonds. The molecule has 0 saturated heterocycles. The summed E-state index contributed by atoms with van der Waals surface area (Å²) in [7, 11) is 0. The molecule has 0 aromatic carbocycles. The van der Waals surface area contributed by atoms with Gasteiger partial charge in [-0.25, -0.2) is 0 Å². The van der Waals surface area contributed by atoms with Crippen LogP contribution < -0.4 is 5.32 Å². The monoisotopic (exact) mass is 221 g/mol. The summed E-state index contributed by atoms with van der Waals surface area (Å²) in [5.41, 5.74) is -1.93. The van der Waals surface area contributed by atoms with Crippen molar-refractivity contribution in [2.75, 3.05) is 6.54 Å². The van der Waals surface area contributed by atoms with Gasteiger partial charge in [0.25, 0.3) is 0 Å². The van der Waals surface area contributed by atoms with Crippen molar-refractivity contribution in [2.24, 2.45) is 0 Å². The van der Waals surface area contributed by atoms with Gasteiger partial charge in [0.15, 0.2) is 0 Å². The number of nitrogens with one attached hydrogen (secondary N) is 1. The third-order valence-corrected chi connectivity index (χ3v) is 2.30. The Morgan fingerprint density at radius 1 is 1.40 bits per heavy atom. The van der Waals surface area contributed by atoms with Crippen LogP contribution in [-0.4, -0.2) is 18.3 Å². The highest BCUT2D eigenvalue weighted by Gasteiger charge is 2.50. The Labute approximate surface area is 86.5 Å². The lowest BCUT2D eigenvalue weighted by molar-refractivity contribution is -0.191. The van der Waals surface area contributed by atoms with E-state index in [1.165, 1.54) is 6.26 Å². The van der Waals surface area contributed by atoms with Gasteiger partial charge in [0, 0.05) is 6.42 Å². The van der Waals surface area contributed by atoms with Crippen molar-refractivity contribution in [2.45, 2.75) is 32.0 Å². The highest BCUT2D eigenvalue weighted by molar-refractivity contribution is 5.06. The molecule has 1 N–H and O–H groups in total. The maximum atomic E-state index is 12.8. The van der Waals surface area contributed by atoms with Crippen molar-refractivity contribution in [3.8, 4) is 0 Å². The van der Waals surface area contributed by atoms with Crippen LogP contribution in [0.1, 0.15) is 19.6 Å². The van der Waals surface area contributed by atoms with E-state index >= 15 is 0 Å². The van der Waals surface area contributed by atoms with E-state index in [1.807, 2.05) is 0 Å². The van der Waals surface area contributed by atoms with Gasteiger partial charge >= 0.3 is 6.18 Å². The van der Waals surface area contributed by atoms with Gasteiger partial charge in [0.2, 0.25) is 0 Å². The van der Waals surface area contributed by atoms with Crippen molar-refractivity contribution >= 4 is 0 Å². The molecule has 0 bridgehead atoms. The molecule has 0 aliphatic rings. The summed E-state index contributed by atoms with van der Waals surface area (Å²) in [5, 5.41) is 2.45. The first kappa shape index (κ1) is 12.1. The number of halogens is 3. The smallest absolute Gasteiger partial charge is 0.406 e. The van der Waals surface area contributed by atoms with Crippen LogP contribution in [0.15, 0.2) is 22.8 Å². The molecule has 15 heavy (non-hydrogen) atoms. The van der Waals surface area contributed by atoms with Crippen LogP contribution in [0.2, 0.25) is 0 Å². The zero-order chi connectivity index (χ0) is 11.5. The van der Waals surface area contributed by atoms with Crippen LogP contribution in [0.25, 0.3) is 0 Å². The topological polar surface area (TPSA) is 25.2 Å². The van der Waals surface area contributed by atoms with Crippen LogP contribution in [0.4, 0.5) is 13.2 Å². The Balaban J connectivity index is 2.82. The third kappa shape index (κ3) is 2.75. The van der Waals surface area contributed by atoms with E-state index in [1.54, 1.807) is 19.1 Å². The zero-order valence-electron chi connectivity index (χ0n) is 8.69. The van der Waals surface area contributed by atoms with Gasteiger partial charge in [-0.15, -0.1) is 0 Å². The lowest BCUT2D eigenvalue weighted by Gasteiger charge is -2.32. The molecule has 0 fully saturated rings. The van der Waals surface area contributed by atoms with Crippen LogP contribution in [-0.2, 0) is 6.42 Å². The maximum absolute atomic E-state index is 12.8. The average Bonchev–Trinajstić information content (AvgIpc) is 2.55. The second kappa shape index (κ2) is 4.26. The molecule has 0 saturated carbocycles. The number of hydrogen-bond donors (Lipinski definition) is 1. The van der Waals surface area contributed by atoms with Gasteiger partial charge in [-0.05, 0) is 25.6 Å². The molecule has 0 spiro atoms. The van der Waals surface area contributed by atoms with Crippen molar-refractivity contribution in [1.29, 1.82) is 0 Å². The van der Waals surface area contributed by atoms with E-state index in [2.05, 4.69) is 5.32 Å². The fourth-order valence-electron chi connectivity index (χ4n) is 1.41. The van der Waals surface area contributed by atoms with E-state index < -0.39 is 11.7 Å². The number of alkyl halides is 3. The predicted molar refractivity (Wildman–Crippen MR) is 50.5 cm³/mol.